The summed E-state index contributed by atoms with van der Waals surface area (Å²) < 4.78 is 16.0. The first-order valence-electron chi connectivity index (χ1n) is 7.38. The second-order valence-corrected chi connectivity index (χ2v) is 5.36. The summed E-state index contributed by atoms with van der Waals surface area (Å²) in [6, 6.07) is 3.68. The molecule has 2 aromatic heterocycles. The fourth-order valence-electron chi connectivity index (χ4n) is 2.19. The predicted octanol–water partition coefficient (Wildman–Crippen LogP) is 3.07. The lowest BCUT2D eigenvalue weighted by Crippen LogP contribution is -2.44. The molecule has 0 aliphatic carbocycles. The molecule has 0 radical (unpaired) electrons. The Hall–Kier alpha value is -2.24. The highest BCUT2D eigenvalue weighted by atomic mass is 19.1. The molecule has 1 atom stereocenters. The van der Waals surface area contributed by atoms with E-state index in [1.54, 1.807) is 37.1 Å². The van der Waals surface area contributed by atoms with E-state index in [4.69, 9.17) is 0 Å². The number of aryl methyl sites for hydroxylation is 1. The summed E-state index contributed by atoms with van der Waals surface area (Å²) in [5, 5.41) is 4.40. The molecule has 0 bridgehead atoms. The summed E-state index contributed by atoms with van der Waals surface area (Å²) in [7, 11) is 0. The van der Waals surface area contributed by atoms with Gasteiger partial charge in [0.05, 0.1) is 29.5 Å². The third-order valence-corrected chi connectivity index (χ3v) is 3.75. The molecule has 22 heavy (non-hydrogen) atoms. The lowest BCUT2D eigenvalue weighted by atomic mass is 10.0. The van der Waals surface area contributed by atoms with E-state index in [2.05, 4.69) is 10.1 Å². The van der Waals surface area contributed by atoms with Crippen molar-refractivity contribution in [1.82, 2.24) is 14.8 Å². The molecule has 1 amide bonds. The van der Waals surface area contributed by atoms with E-state index in [1.165, 1.54) is 11.8 Å². The van der Waals surface area contributed by atoms with Gasteiger partial charge in [0.15, 0.2) is 5.67 Å². The molecule has 0 aliphatic rings. The normalized spacial score (nSPS) is 13.7. The highest BCUT2D eigenvalue weighted by Gasteiger charge is 2.36. The number of pyridine rings is 1. The van der Waals surface area contributed by atoms with Crippen molar-refractivity contribution in [2.75, 3.05) is 11.4 Å². The smallest absolute Gasteiger partial charge is 0.264 e. The molecule has 0 aliphatic heterocycles. The minimum atomic E-state index is -1.88. The first-order chi connectivity index (χ1) is 10.4. The minimum absolute atomic E-state index is 0.137. The van der Waals surface area contributed by atoms with Crippen molar-refractivity contribution in [2.45, 2.75) is 39.8 Å². The van der Waals surface area contributed by atoms with Crippen LogP contribution in [0.3, 0.4) is 0 Å². The zero-order valence-corrected chi connectivity index (χ0v) is 13.4. The van der Waals surface area contributed by atoms with Crippen molar-refractivity contribution in [2.24, 2.45) is 0 Å². The van der Waals surface area contributed by atoms with E-state index < -0.39 is 11.6 Å². The Labute approximate surface area is 129 Å². The second-order valence-electron chi connectivity index (χ2n) is 5.36. The lowest BCUT2D eigenvalue weighted by molar-refractivity contribution is -0.129. The summed E-state index contributed by atoms with van der Waals surface area (Å²) in [6.45, 7) is 7.00. The van der Waals surface area contributed by atoms with Crippen LogP contribution in [-0.4, -0.2) is 32.9 Å². The summed E-state index contributed by atoms with van der Waals surface area (Å²) in [6.07, 6.45) is 5.23. The molecule has 6 heteroatoms. The Kier molecular flexibility index (Phi) is 4.59. The summed E-state index contributed by atoms with van der Waals surface area (Å²) in [5.74, 6) is -0.536. The van der Waals surface area contributed by atoms with Crippen molar-refractivity contribution in [3.8, 4) is 5.69 Å². The Bertz CT molecular complexity index is 651. The van der Waals surface area contributed by atoms with Crippen LogP contribution in [0.1, 0.15) is 32.9 Å². The molecule has 0 spiro atoms. The van der Waals surface area contributed by atoms with Gasteiger partial charge in [-0.05, 0) is 39.3 Å². The number of alkyl halides is 1. The van der Waals surface area contributed by atoms with Crippen LogP contribution in [0, 0.1) is 6.92 Å². The van der Waals surface area contributed by atoms with Crippen molar-refractivity contribution in [1.29, 1.82) is 0 Å². The molecular formula is C16H21FN4O. The van der Waals surface area contributed by atoms with Gasteiger partial charge in [0.25, 0.3) is 5.91 Å². The first kappa shape index (κ1) is 16.1. The van der Waals surface area contributed by atoms with Gasteiger partial charge in [0, 0.05) is 12.7 Å². The maximum absolute atomic E-state index is 14.4. The number of rotatable bonds is 5. The van der Waals surface area contributed by atoms with Crippen molar-refractivity contribution >= 4 is 11.6 Å². The standard InChI is InChI=1S/C16H21FN4O/c1-5-16(4,17)15(22)20(6-2)14-11-21(19-12(14)3)13-8-7-9-18-10-13/h7-11H,5-6H2,1-4H3. The number of hydrogen-bond donors (Lipinski definition) is 0. The van der Waals surface area contributed by atoms with E-state index in [1.807, 2.05) is 19.1 Å². The van der Waals surface area contributed by atoms with Crippen molar-refractivity contribution in [3.63, 3.8) is 0 Å². The van der Waals surface area contributed by atoms with Gasteiger partial charge in [-0.2, -0.15) is 5.10 Å². The molecule has 2 rings (SSSR count). The van der Waals surface area contributed by atoms with Crippen LogP contribution in [0.5, 0.6) is 0 Å². The van der Waals surface area contributed by atoms with Gasteiger partial charge in [0.1, 0.15) is 0 Å². The van der Waals surface area contributed by atoms with E-state index in [0.717, 1.165) is 5.69 Å². The number of carbonyl (C=O) groups excluding carboxylic acids is 1. The topological polar surface area (TPSA) is 51.0 Å². The van der Waals surface area contributed by atoms with Crippen molar-refractivity contribution in [3.05, 3.63) is 36.4 Å². The number of hydrogen-bond acceptors (Lipinski definition) is 3. The van der Waals surface area contributed by atoms with Gasteiger partial charge in [0.2, 0.25) is 0 Å². The number of carbonyl (C=O) groups is 1. The number of halogens is 1. The summed E-state index contributed by atoms with van der Waals surface area (Å²) in [4.78, 5) is 17.9. The number of nitrogens with zero attached hydrogens (tertiary/aromatic N) is 4. The quantitative estimate of drug-likeness (QED) is 0.853. The lowest BCUT2D eigenvalue weighted by Gasteiger charge is -2.27. The molecule has 0 fully saturated rings. The molecule has 0 aromatic carbocycles. The van der Waals surface area contributed by atoms with Crippen LogP contribution in [0.2, 0.25) is 0 Å². The second kappa shape index (κ2) is 6.25. The third kappa shape index (κ3) is 3.00. The maximum Gasteiger partial charge on any atom is 0.264 e. The predicted molar refractivity (Wildman–Crippen MR) is 83.9 cm³/mol. The Morgan fingerprint density at radius 2 is 2.18 bits per heavy atom. The zero-order valence-electron chi connectivity index (χ0n) is 13.4. The highest BCUT2D eigenvalue weighted by molar-refractivity contribution is 5.99. The van der Waals surface area contributed by atoms with Gasteiger partial charge in [-0.25, -0.2) is 9.07 Å². The maximum atomic E-state index is 14.4. The molecular weight excluding hydrogens is 283 g/mol. The van der Waals surface area contributed by atoms with Crippen LogP contribution in [-0.2, 0) is 4.79 Å². The van der Waals surface area contributed by atoms with Crippen LogP contribution >= 0.6 is 0 Å². The average Bonchev–Trinajstić information content (AvgIpc) is 2.91. The minimum Gasteiger partial charge on any atom is -0.307 e. The molecule has 0 saturated heterocycles. The van der Waals surface area contributed by atoms with E-state index in [9.17, 15) is 9.18 Å². The molecule has 2 aromatic rings. The largest absolute Gasteiger partial charge is 0.307 e. The average molecular weight is 304 g/mol. The van der Waals surface area contributed by atoms with E-state index >= 15 is 0 Å². The van der Waals surface area contributed by atoms with Crippen molar-refractivity contribution < 1.29 is 9.18 Å². The number of amides is 1. The molecule has 1 unspecified atom stereocenters. The van der Waals surface area contributed by atoms with Crippen LogP contribution < -0.4 is 4.90 Å². The fourth-order valence-corrected chi connectivity index (χ4v) is 2.19. The number of anilines is 1. The monoisotopic (exact) mass is 304 g/mol. The SMILES string of the molecule is CCN(C(=O)C(C)(F)CC)c1cn(-c2cccnc2)nc1C. The van der Waals surface area contributed by atoms with Crippen LogP contribution in [0.15, 0.2) is 30.7 Å². The van der Waals surface area contributed by atoms with Gasteiger partial charge in [-0.1, -0.05) is 6.92 Å². The molecule has 0 N–H and O–H groups in total. The molecule has 2 heterocycles. The molecule has 0 saturated carbocycles. The van der Waals surface area contributed by atoms with Gasteiger partial charge in [-0.15, -0.1) is 0 Å². The van der Waals surface area contributed by atoms with Gasteiger partial charge < -0.3 is 4.90 Å². The molecule has 118 valence electrons. The van der Waals surface area contributed by atoms with Crippen LogP contribution in [0.25, 0.3) is 5.69 Å². The molecule has 5 nitrogen and oxygen atoms in total. The Balaban J connectivity index is 2.39. The van der Waals surface area contributed by atoms with E-state index in [-0.39, 0.29) is 6.42 Å². The highest BCUT2D eigenvalue weighted by Crippen LogP contribution is 2.26. The summed E-state index contributed by atoms with van der Waals surface area (Å²) >= 11 is 0. The Morgan fingerprint density at radius 1 is 1.45 bits per heavy atom. The zero-order chi connectivity index (χ0) is 16.3. The Morgan fingerprint density at radius 3 is 2.73 bits per heavy atom. The van der Waals surface area contributed by atoms with Gasteiger partial charge in [-0.3, -0.25) is 9.78 Å². The summed E-state index contributed by atoms with van der Waals surface area (Å²) in [5.41, 5.74) is 0.206. The fraction of sp³-hybridized carbons (Fsp3) is 0.438. The van der Waals surface area contributed by atoms with Gasteiger partial charge >= 0.3 is 0 Å². The first-order valence-corrected chi connectivity index (χ1v) is 7.38. The third-order valence-electron chi connectivity index (χ3n) is 3.75. The number of aromatic nitrogens is 3. The van der Waals surface area contributed by atoms with Crippen LogP contribution in [0.4, 0.5) is 10.1 Å². The van der Waals surface area contributed by atoms with E-state index in [0.29, 0.717) is 17.9 Å².